The molecular weight excluding hydrogens is 322 g/mol. The van der Waals surface area contributed by atoms with Crippen molar-refractivity contribution in [2.24, 2.45) is 0 Å². The van der Waals surface area contributed by atoms with E-state index < -0.39 is 16.5 Å². The van der Waals surface area contributed by atoms with Gasteiger partial charge in [-0.3, -0.25) is 19.8 Å². The Balaban J connectivity index is 1.87. The van der Waals surface area contributed by atoms with E-state index in [9.17, 15) is 19.7 Å². The highest BCUT2D eigenvalue weighted by Crippen LogP contribution is 2.33. The molecule has 0 aromatic heterocycles. The Bertz CT molecular complexity index is 820. The molecule has 1 heterocycles. The molecule has 1 unspecified atom stereocenters. The summed E-state index contributed by atoms with van der Waals surface area (Å²) in [5.41, 5.74) is 0.281. The zero-order valence-electron chi connectivity index (χ0n) is 13.6. The SMILES string of the molecule is CCC1(c2ccccc2)NC(=O)N(Cc2ccc([N+](=O)[O-])cc2)C1=O. The number of nitrogens with one attached hydrogen (secondary N) is 1. The molecule has 1 atom stereocenters. The first-order valence-electron chi connectivity index (χ1n) is 7.91. The average molecular weight is 339 g/mol. The molecule has 1 N–H and O–H groups in total. The predicted octanol–water partition coefficient (Wildman–Crippen LogP) is 2.95. The van der Waals surface area contributed by atoms with Crippen molar-refractivity contribution < 1.29 is 14.5 Å². The van der Waals surface area contributed by atoms with Gasteiger partial charge in [0.25, 0.3) is 11.6 Å². The molecule has 3 rings (SSSR count). The molecule has 7 nitrogen and oxygen atoms in total. The fourth-order valence-electron chi connectivity index (χ4n) is 3.04. The summed E-state index contributed by atoms with van der Waals surface area (Å²) in [5, 5.41) is 13.5. The zero-order chi connectivity index (χ0) is 18.0. The summed E-state index contributed by atoms with van der Waals surface area (Å²) in [5.74, 6) is -0.315. The smallest absolute Gasteiger partial charge is 0.319 e. The monoisotopic (exact) mass is 339 g/mol. The Kier molecular flexibility index (Phi) is 4.22. The van der Waals surface area contributed by atoms with Crippen LogP contribution >= 0.6 is 0 Å². The first kappa shape index (κ1) is 16.6. The molecule has 0 spiro atoms. The fraction of sp³-hybridized carbons (Fsp3) is 0.222. The van der Waals surface area contributed by atoms with Crippen LogP contribution in [0.3, 0.4) is 0 Å². The second kappa shape index (κ2) is 6.35. The number of carbonyl (C=O) groups is 2. The lowest BCUT2D eigenvalue weighted by atomic mass is 9.87. The van der Waals surface area contributed by atoms with Crippen molar-refractivity contribution in [2.75, 3.05) is 0 Å². The van der Waals surface area contributed by atoms with E-state index >= 15 is 0 Å². The minimum atomic E-state index is -1.07. The fourth-order valence-corrected chi connectivity index (χ4v) is 3.04. The van der Waals surface area contributed by atoms with Gasteiger partial charge < -0.3 is 5.32 Å². The van der Waals surface area contributed by atoms with Crippen molar-refractivity contribution in [1.29, 1.82) is 0 Å². The van der Waals surface area contributed by atoms with E-state index in [1.165, 1.54) is 12.1 Å². The van der Waals surface area contributed by atoms with Gasteiger partial charge in [-0.05, 0) is 17.5 Å². The number of amides is 3. The molecule has 1 fully saturated rings. The van der Waals surface area contributed by atoms with Crippen LogP contribution in [-0.4, -0.2) is 21.8 Å². The number of rotatable bonds is 5. The van der Waals surface area contributed by atoms with E-state index in [1.54, 1.807) is 12.1 Å². The molecule has 3 amide bonds. The first-order chi connectivity index (χ1) is 12.0. The van der Waals surface area contributed by atoms with Crippen molar-refractivity contribution in [2.45, 2.75) is 25.4 Å². The first-order valence-corrected chi connectivity index (χ1v) is 7.91. The van der Waals surface area contributed by atoms with Gasteiger partial charge >= 0.3 is 6.03 Å². The van der Waals surface area contributed by atoms with E-state index in [0.717, 1.165) is 10.5 Å². The molecule has 0 aliphatic carbocycles. The van der Waals surface area contributed by atoms with Crippen LogP contribution in [-0.2, 0) is 16.9 Å². The summed E-state index contributed by atoms with van der Waals surface area (Å²) in [6.45, 7) is 1.91. The molecule has 2 aromatic carbocycles. The molecule has 0 radical (unpaired) electrons. The van der Waals surface area contributed by atoms with Gasteiger partial charge in [0, 0.05) is 12.1 Å². The second-order valence-electron chi connectivity index (χ2n) is 5.87. The summed E-state index contributed by atoms with van der Waals surface area (Å²) in [6.07, 6.45) is 0.429. The lowest BCUT2D eigenvalue weighted by molar-refractivity contribution is -0.384. The summed E-state index contributed by atoms with van der Waals surface area (Å²) in [6, 6.07) is 14.5. The highest BCUT2D eigenvalue weighted by molar-refractivity contribution is 6.07. The highest BCUT2D eigenvalue weighted by atomic mass is 16.6. The summed E-state index contributed by atoms with van der Waals surface area (Å²) in [7, 11) is 0. The second-order valence-corrected chi connectivity index (χ2v) is 5.87. The van der Waals surface area contributed by atoms with Gasteiger partial charge in [-0.1, -0.05) is 49.4 Å². The maximum atomic E-state index is 13.0. The van der Waals surface area contributed by atoms with Crippen LogP contribution in [0.1, 0.15) is 24.5 Å². The lowest BCUT2D eigenvalue weighted by Crippen LogP contribution is -2.43. The largest absolute Gasteiger partial charge is 0.325 e. The Hall–Kier alpha value is -3.22. The summed E-state index contributed by atoms with van der Waals surface area (Å²) >= 11 is 0. The van der Waals surface area contributed by atoms with Crippen LogP contribution in [0.15, 0.2) is 54.6 Å². The van der Waals surface area contributed by atoms with Gasteiger partial charge in [-0.2, -0.15) is 0 Å². The van der Waals surface area contributed by atoms with Crippen LogP contribution in [0, 0.1) is 10.1 Å². The normalized spacial score (nSPS) is 19.8. The predicted molar refractivity (Wildman–Crippen MR) is 90.6 cm³/mol. The van der Waals surface area contributed by atoms with Crippen LogP contribution in [0.4, 0.5) is 10.5 Å². The number of benzene rings is 2. The number of imide groups is 1. The van der Waals surface area contributed by atoms with Crippen LogP contribution < -0.4 is 5.32 Å². The van der Waals surface area contributed by atoms with E-state index in [-0.39, 0.29) is 18.1 Å². The van der Waals surface area contributed by atoms with Gasteiger partial charge in [0.1, 0.15) is 5.54 Å². The third-order valence-corrected chi connectivity index (χ3v) is 4.46. The molecule has 0 bridgehead atoms. The van der Waals surface area contributed by atoms with E-state index in [0.29, 0.717) is 12.0 Å². The highest BCUT2D eigenvalue weighted by Gasteiger charge is 2.50. The van der Waals surface area contributed by atoms with E-state index in [2.05, 4.69) is 5.32 Å². The Morgan fingerprint density at radius 2 is 1.72 bits per heavy atom. The Morgan fingerprint density at radius 1 is 1.08 bits per heavy atom. The van der Waals surface area contributed by atoms with Gasteiger partial charge in [0.2, 0.25) is 0 Å². The standard InChI is InChI=1S/C18H17N3O4/c1-2-18(14-6-4-3-5-7-14)16(22)20(17(23)19-18)12-13-8-10-15(11-9-13)21(24)25/h3-11H,2,12H2,1H3,(H,19,23). The summed E-state index contributed by atoms with van der Waals surface area (Å²) in [4.78, 5) is 36.8. The van der Waals surface area contributed by atoms with Gasteiger partial charge in [-0.15, -0.1) is 0 Å². The molecule has 128 valence electrons. The molecule has 1 saturated heterocycles. The molecule has 1 aliphatic heterocycles. The quantitative estimate of drug-likeness (QED) is 0.515. The molecule has 1 aliphatic rings. The number of hydrogen-bond acceptors (Lipinski definition) is 4. The molecular formula is C18H17N3O4. The number of carbonyl (C=O) groups excluding carboxylic acids is 2. The lowest BCUT2D eigenvalue weighted by Gasteiger charge is -2.25. The molecule has 2 aromatic rings. The molecule has 7 heteroatoms. The number of hydrogen-bond donors (Lipinski definition) is 1. The van der Waals surface area contributed by atoms with Crippen molar-refractivity contribution in [1.82, 2.24) is 10.2 Å². The van der Waals surface area contributed by atoms with E-state index in [4.69, 9.17) is 0 Å². The van der Waals surface area contributed by atoms with Crippen molar-refractivity contribution in [3.05, 3.63) is 75.8 Å². The average Bonchev–Trinajstić information content (AvgIpc) is 2.88. The number of nitro groups is 1. The third kappa shape index (κ3) is 2.84. The number of nitrogens with zero attached hydrogens (tertiary/aromatic N) is 2. The van der Waals surface area contributed by atoms with Gasteiger partial charge in [0.15, 0.2) is 0 Å². The molecule has 0 saturated carbocycles. The Labute approximate surface area is 144 Å². The minimum absolute atomic E-state index is 0.0341. The zero-order valence-corrected chi connectivity index (χ0v) is 13.6. The topological polar surface area (TPSA) is 92.6 Å². The van der Waals surface area contributed by atoms with Gasteiger partial charge in [0.05, 0.1) is 11.5 Å². The van der Waals surface area contributed by atoms with E-state index in [1.807, 2.05) is 37.3 Å². The van der Waals surface area contributed by atoms with Gasteiger partial charge in [-0.25, -0.2) is 4.79 Å². The minimum Gasteiger partial charge on any atom is -0.319 e. The van der Waals surface area contributed by atoms with Crippen molar-refractivity contribution in [3.63, 3.8) is 0 Å². The van der Waals surface area contributed by atoms with Crippen LogP contribution in [0.25, 0.3) is 0 Å². The number of urea groups is 1. The van der Waals surface area contributed by atoms with Crippen molar-refractivity contribution in [3.8, 4) is 0 Å². The summed E-state index contributed by atoms with van der Waals surface area (Å²) < 4.78 is 0. The molecule has 25 heavy (non-hydrogen) atoms. The Morgan fingerprint density at radius 3 is 2.28 bits per heavy atom. The maximum Gasteiger partial charge on any atom is 0.325 e. The number of nitro benzene ring substituents is 1. The number of non-ortho nitro benzene ring substituents is 1. The van der Waals surface area contributed by atoms with Crippen LogP contribution in [0.5, 0.6) is 0 Å². The van der Waals surface area contributed by atoms with Crippen LogP contribution in [0.2, 0.25) is 0 Å². The maximum absolute atomic E-state index is 13.0. The van der Waals surface area contributed by atoms with Crippen molar-refractivity contribution >= 4 is 17.6 Å². The third-order valence-electron chi connectivity index (χ3n) is 4.46.